The highest BCUT2D eigenvalue weighted by Gasteiger charge is 2.20. The Hall–Kier alpha value is -11.5. The fourth-order valence-electron chi connectivity index (χ4n) is 13.9. The molecule has 0 amide bonds. The van der Waals surface area contributed by atoms with Crippen molar-refractivity contribution in [3.05, 3.63) is 328 Å². The van der Waals surface area contributed by atoms with Crippen LogP contribution in [0.1, 0.15) is 0 Å². The van der Waals surface area contributed by atoms with E-state index in [4.69, 9.17) is 4.98 Å². The maximum absolute atomic E-state index is 4.70. The van der Waals surface area contributed by atoms with Crippen LogP contribution in [0.4, 0.5) is 34.1 Å². The second kappa shape index (κ2) is 22.2. The minimum absolute atomic E-state index is 1.09. The van der Waals surface area contributed by atoms with E-state index in [0.717, 1.165) is 45.3 Å². The van der Waals surface area contributed by atoms with E-state index in [1.165, 1.54) is 128 Å². The molecule has 0 unspecified atom stereocenters. The first-order valence-electron chi connectivity index (χ1n) is 31.1. The normalized spacial score (nSPS) is 11.7. The van der Waals surface area contributed by atoms with Gasteiger partial charge in [-0.2, -0.15) is 0 Å². The topological polar surface area (TPSA) is 32.3 Å². The quantitative estimate of drug-likeness (QED) is 0.121. The standard InChI is InChI=1S/C86H54N4S2/c1-3-13-64(14-4-1)89(66-35-25-55(26-36-66)61-34-44-76-77-45-46-87-54-85(77)91-84(76)51-61)67-37-27-56(28-38-67)78-49-62-24-23-60(48-80(62)74-20-10-9-19-73(74)78)59-33-43-70-63(47-59)50-79(72-18-8-7-17-71(70)72)57-29-39-68(40-30-57)90(65-15-5-2-6-16-65)69-41-31-58(32-42-69)81-52-88-53-82-75-21-11-12-22-83(75)92-86(81)82/h1-54H. The summed E-state index contributed by atoms with van der Waals surface area (Å²) in [4.78, 5) is 13.8. The zero-order valence-corrected chi connectivity index (χ0v) is 51.4. The Kier molecular flexibility index (Phi) is 12.9. The van der Waals surface area contributed by atoms with Crippen molar-refractivity contribution in [1.82, 2.24) is 9.97 Å². The lowest BCUT2D eigenvalue weighted by Crippen LogP contribution is -2.09. The zero-order valence-electron chi connectivity index (χ0n) is 49.8. The number of aromatic nitrogens is 2. The molecule has 0 N–H and O–H groups in total. The van der Waals surface area contributed by atoms with Crippen LogP contribution in [0.15, 0.2) is 328 Å². The maximum atomic E-state index is 4.70. The van der Waals surface area contributed by atoms with Gasteiger partial charge in [0.1, 0.15) is 0 Å². The van der Waals surface area contributed by atoms with E-state index in [9.17, 15) is 0 Å². The molecule has 0 aliphatic carbocycles. The highest BCUT2D eigenvalue weighted by molar-refractivity contribution is 7.26. The van der Waals surface area contributed by atoms with Gasteiger partial charge in [0.15, 0.2) is 0 Å². The van der Waals surface area contributed by atoms with Gasteiger partial charge in [0, 0.05) is 100 Å². The predicted octanol–water partition coefficient (Wildman–Crippen LogP) is 25.1. The van der Waals surface area contributed by atoms with E-state index in [2.05, 4.69) is 318 Å². The molecule has 18 aromatic rings. The molecule has 4 nitrogen and oxygen atoms in total. The van der Waals surface area contributed by atoms with Crippen molar-refractivity contribution in [3.8, 4) is 55.6 Å². The third kappa shape index (κ3) is 9.26. The van der Waals surface area contributed by atoms with Gasteiger partial charge in [-0.1, -0.05) is 188 Å². The van der Waals surface area contributed by atoms with Crippen molar-refractivity contribution < 1.29 is 0 Å². The van der Waals surface area contributed by atoms with Crippen molar-refractivity contribution >= 4 is 140 Å². The summed E-state index contributed by atoms with van der Waals surface area (Å²) in [6.45, 7) is 0. The molecule has 0 fully saturated rings. The number of hydrogen-bond acceptors (Lipinski definition) is 6. The molecule has 0 bridgehead atoms. The molecule has 0 aliphatic heterocycles. The van der Waals surface area contributed by atoms with Crippen molar-refractivity contribution in [1.29, 1.82) is 0 Å². The number of hydrogen-bond donors (Lipinski definition) is 0. The Labute approximate surface area is 540 Å². The van der Waals surface area contributed by atoms with E-state index in [1.54, 1.807) is 11.3 Å². The van der Waals surface area contributed by atoms with Gasteiger partial charge in [0.2, 0.25) is 0 Å². The molecule has 0 saturated carbocycles. The average molecular weight is 1210 g/mol. The smallest absolute Gasteiger partial charge is 0.0538 e. The van der Waals surface area contributed by atoms with E-state index >= 15 is 0 Å². The molecule has 6 heteroatoms. The summed E-state index contributed by atoms with van der Waals surface area (Å²) in [6, 6.07) is 111. The Morgan fingerprint density at radius 1 is 0.217 bits per heavy atom. The minimum Gasteiger partial charge on any atom is -0.311 e. The monoisotopic (exact) mass is 1210 g/mol. The van der Waals surface area contributed by atoms with Crippen LogP contribution in [0.2, 0.25) is 0 Å². The Balaban J connectivity index is 0.651. The van der Waals surface area contributed by atoms with Gasteiger partial charge in [-0.05, 0) is 208 Å². The summed E-state index contributed by atoms with van der Waals surface area (Å²) in [5.74, 6) is 0. The fraction of sp³-hybridized carbons (Fsp3) is 0. The second-order valence-electron chi connectivity index (χ2n) is 23.7. The van der Waals surface area contributed by atoms with Crippen LogP contribution < -0.4 is 9.80 Å². The van der Waals surface area contributed by atoms with Crippen LogP contribution in [0.3, 0.4) is 0 Å². The van der Waals surface area contributed by atoms with Gasteiger partial charge in [0.25, 0.3) is 0 Å². The van der Waals surface area contributed by atoms with Gasteiger partial charge in [-0.3, -0.25) is 9.97 Å². The van der Waals surface area contributed by atoms with Crippen LogP contribution >= 0.6 is 22.7 Å². The number of fused-ring (bicyclic) bond motifs is 12. The Morgan fingerprint density at radius 2 is 0.663 bits per heavy atom. The highest BCUT2D eigenvalue weighted by atomic mass is 32.1. The maximum Gasteiger partial charge on any atom is 0.0538 e. The number of thiophene rings is 2. The highest BCUT2D eigenvalue weighted by Crippen LogP contribution is 2.46. The Bertz CT molecular complexity index is 5860. The van der Waals surface area contributed by atoms with Crippen molar-refractivity contribution in [2.45, 2.75) is 0 Å². The largest absolute Gasteiger partial charge is 0.311 e. The molecule has 4 aromatic heterocycles. The molecule has 0 radical (unpaired) electrons. The molecule has 0 saturated heterocycles. The van der Waals surface area contributed by atoms with Crippen LogP contribution in [0.5, 0.6) is 0 Å². The summed E-state index contributed by atoms with van der Waals surface area (Å²) in [7, 11) is 0. The summed E-state index contributed by atoms with van der Waals surface area (Å²) in [6.07, 6.45) is 7.86. The molecule has 0 atom stereocenters. The molecule has 14 aromatic carbocycles. The first kappa shape index (κ1) is 53.5. The summed E-state index contributed by atoms with van der Waals surface area (Å²) in [5, 5.41) is 14.8. The van der Waals surface area contributed by atoms with Gasteiger partial charge in [-0.25, -0.2) is 0 Å². The minimum atomic E-state index is 1.09. The summed E-state index contributed by atoms with van der Waals surface area (Å²) in [5.41, 5.74) is 18.4. The number of para-hydroxylation sites is 2. The summed E-state index contributed by atoms with van der Waals surface area (Å²) >= 11 is 3.64. The van der Waals surface area contributed by atoms with E-state index in [1.807, 2.05) is 36.1 Å². The molecule has 18 rings (SSSR count). The van der Waals surface area contributed by atoms with Crippen molar-refractivity contribution in [2.24, 2.45) is 0 Å². The van der Waals surface area contributed by atoms with Crippen LogP contribution in [-0.4, -0.2) is 9.97 Å². The number of benzene rings is 14. The average Bonchev–Trinajstić information content (AvgIpc) is 1.19. The number of pyridine rings is 2. The van der Waals surface area contributed by atoms with Gasteiger partial charge < -0.3 is 9.80 Å². The third-order valence-electron chi connectivity index (χ3n) is 18.4. The van der Waals surface area contributed by atoms with Crippen LogP contribution in [-0.2, 0) is 0 Å². The van der Waals surface area contributed by atoms with Crippen molar-refractivity contribution in [3.63, 3.8) is 0 Å². The zero-order chi connectivity index (χ0) is 60.6. The third-order valence-corrected chi connectivity index (χ3v) is 20.7. The molecule has 0 aliphatic rings. The molecule has 0 spiro atoms. The predicted molar refractivity (Wildman–Crippen MR) is 394 cm³/mol. The lowest BCUT2D eigenvalue weighted by Gasteiger charge is -2.26. The van der Waals surface area contributed by atoms with Gasteiger partial charge >= 0.3 is 0 Å². The SMILES string of the molecule is c1ccc(N(c2ccc(-c3ccc4c(c3)sc3cnccc34)cc2)c2ccc(-c3cc4ccc(-c5ccc6c(c5)cc(-c5ccc(N(c7ccccc7)c7ccc(-c8cncc9c8sc8ccccc89)cc7)cc5)c5ccccc56)cc4c4ccccc34)cc2)cc1. The van der Waals surface area contributed by atoms with Crippen molar-refractivity contribution in [2.75, 3.05) is 9.80 Å². The lowest BCUT2D eigenvalue weighted by atomic mass is 9.90. The second-order valence-corrected chi connectivity index (χ2v) is 25.8. The molecular weight excluding hydrogens is 1150 g/mol. The number of nitrogens with zero attached hydrogens (tertiary/aromatic N) is 4. The lowest BCUT2D eigenvalue weighted by molar-refractivity contribution is 1.28. The molecule has 430 valence electrons. The molecule has 92 heavy (non-hydrogen) atoms. The first-order chi connectivity index (χ1) is 45.6. The Morgan fingerprint density at radius 3 is 1.28 bits per heavy atom. The number of rotatable bonds is 11. The molecular formula is C86H54N4S2. The molecule has 4 heterocycles. The number of anilines is 6. The summed E-state index contributed by atoms with van der Waals surface area (Å²) < 4.78 is 5.03. The van der Waals surface area contributed by atoms with Crippen LogP contribution in [0, 0.1) is 0 Å². The first-order valence-corrected chi connectivity index (χ1v) is 32.8. The van der Waals surface area contributed by atoms with E-state index in [0.29, 0.717) is 0 Å². The fourth-order valence-corrected chi connectivity index (χ4v) is 16.2. The van der Waals surface area contributed by atoms with E-state index < -0.39 is 0 Å². The van der Waals surface area contributed by atoms with Gasteiger partial charge in [-0.15, -0.1) is 22.7 Å². The van der Waals surface area contributed by atoms with E-state index in [-0.39, 0.29) is 0 Å². The van der Waals surface area contributed by atoms with Gasteiger partial charge in [0.05, 0.1) is 4.70 Å². The van der Waals surface area contributed by atoms with Crippen LogP contribution in [0.25, 0.3) is 139 Å².